The highest BCUT2D eigenvalue weighted by Gasteiger charge is 2.54. The van der Waals surface area contributed by atoms with Gasteiger partial charge in [-0.1, -0.05) is 104 Å². The molecule has 0 spiro atoms. The molecule has 1 aromatic carbocycles. The van der Waals surface area contributed by atoms with Crippen molar-refractivity contribution in [2.24, 2.45) is 5.73 Å². The second-order valence-corrected chi connectivity index (χ2v) is 12.7. The van der Waals surface area contributed by atoms with Crippen molar-refractivity contribution >= 4 is 17.6 Å². The van der Waals surface area contributed by atoms with Crippen molar-refractivity contribution in [2.45, 2.75) is 145 Å². The number of rotatable bonds is 12. The fourth-order valence-corrected chi connectivity index (χ4v) is 6.13. The van der Waals surface area contributed by atoms with E-state index in [9.17, 15) is 14.7 Å². The Balaban J connectivity index is 0. The number of amidine groups is 1. The Kier molecular flexibility index (Phi) is 28.0. The summed E-state index contributed by atoms with van der Waals surface area (Å²) in [6.07, 6.45) is 15.7. The Morgan fingerprint density at radius 1 is 1.13 bits per heavy atom. The van der Waals surface area contributed by atoms with Crippen LogP contribution in [0, 0.1) is 0 Å². The van der Waals surface area contributed by atoms with Gasteiger partial charge < -0.3 is 21.1 Å². The van der Waals surface area contributed by atoms with Crippen LogP contribution in [0.5, 0.6) is 0 Å². The van der Waals surface area contributed by atoms with Crippen molar-refractivity contribution in [3.63, 3.8) is 0 Å². The van der Waals surface area contributed by atoms with Gasteiger partial charge in [0, 0.05) is 31.1 Å². The highest BCUT2D eigenvalue weighted by molar-refractivity contribution is 5.96. The highest BCUT2D eigenvalue weighted by atomic mass is 16.3. The Bertz CT molecular complexity index is 1300. The number of allylic oxidation sites excluding steroid dienone is 4. The molecular weight excluding hydrogens is 649 g/mol. The largest absolute Gasteiger partial charge is 0.389 e. The molecule has 0 aromatic heterocycles. The SMILES string of the molecule is C=CNCC([NH+]=C(N)CC)C1(C)[C@H](O)C(NC(=O)c2cccc3c2CCCC3)CN1C.CC.CC.CCC.C\C=C/C(C)=C\C(=C\CC)C(=O)NC. The Morgan fingerprint density at radius 2 is 1.75 bits per heavy atom. The van der Waals surface area contributed by atoms with Gasteiger partial charge in [0.25, 0.3) is 11.8 Å². The molecule has 1 fully saturated rings. The van der Waals surface area contributed by atoms with E-state index in [2.05, 4.69) is 52.3 Å². The second-order valence-electron chi connectivity index (χ2n) is 12.7. The summed E-state index contributed by atoms with van der Waals surface area (Å²) >= 11 is 0. The number of hydrogen-bond donors (Lipinski definition) is 6. The normalized spacial score (nSPS) is 20.5. The minimum atomic E-state index is -0.769. The summed E-state index contributed by atoms with van der Waals surface area (Å²) in [5, 5.41) is 20.3. The molecule has 1 aliphatic carbocycles. The van der Waals surface area contributed by atoms with Gasteiger partial charge in [0.1, 0.15) is 6.04 Å². The lowest BCUT2D eigenvalue weighted by molar-refractivity contribution is -0.522. The molecule has 9 nitrogen and oxygen atoms in total. The quantitative estimate of drug-likeness (QED) is 0.0706. The van der Waals surface area contributed by atoms with E-state index in [1.807, 2.05) is 106 Å². The van der Waals surface area contributed by atoms with Crippen LogP contribution >= 0.6 is 0 Å². The lowest BCUT2D eigenvalue weighted by Crippen LogP contribution is -2.90. The van der Waals surface area contributed by atoms with E-state index in [-0.39, 0.29) is 23.9 Å². The maximum Gasteiger partial charge on any atom is 0.251 e. The molecule has 3 unspecified atom stereocenters. The first-order chi connectivity index (χ1) is 24.9. The summed E-state index contributed by atoms with van der Waals surface area (Å²) < 4.78 is 0. The van der Waals surface area contributed by atoms with Gasteiger partial charge in [0.2, 0.25) is 5.84 Å². The number of hydrogen-bond acceptors (Lipinski definition) is 5. The van der Waals surface area contributed by atoms with E-state index in [0.717, 1.165) is 48.0 Å². The number of carbonyl (C=O) groups excluding carboxylic acids is 2. The number of benzene rings is 1. The number of aryl methyl sites for hydroxylation is 1. The minimum absolute atomic E-state index is 0.0318. The van der Waals surface area contributed by atoms with E-state index in [1.165, 1.54) is 18.4 Å². The van der Waals surface area contributed by atoms with Crippen LogP contribution in [0.15, 0.2) is 66.4 Å². The molecule has 1 saturated heterocycles. The Hall–Kier alpha value is -3.69. The number of aliphatic hydroxyl groups excluding tert-OH is 1. The molecule has 296 valence electrons. The van der Waals surface area contributed by atoms with Gasteiger partial charge in [0.15, 0.2) is 0 Å². The van der Waals surface area contributed by atoms with Crippen LogP contribution in [-0.2, 0) is 17.6 Å². The first-order valence-electron chi connectivity index (χ1n) is 19.7. The summed E-state index contributed by atoms with van der Waals surface area (Å²) in [4.78, 5) is 30.1. The number of nitrogens with one attached hydrogen (secondary N) is 4. The van der Waals surface area contributed by atoms with Crippen molar-refractivity contribution in [1.29, 1.82) is 0 Å². The number of fused-ring (bicyclic) bond motifs is 1. The van der Waals surface area contributed by atoms with Gasteiger partial charge in [-0.2, -0.15) is 0 Å². The number of nitrogens with two attached hydrogens (primary N) is 1. The first kappa shape index (κ1) is 50.4. The molecule has 0 radical (unpaired) electrons. The summed E-state index contributed by atoms with van der Waals surface area (Å²) in [7, 11) is 3.62. The number of likely N-dealkylation sites (N-methyl/N-ethyl adjacent to an activating group) is 2. The zero-order valence-electron chi connectivity index (χ0n) is 35.2. The summed E-state index contributed by atoms with van der Waals surface area (Å²) in [5.74, 6) is 0.533. The standard InChI is InChI=1S/C24H37N5O2.C12H19NO.C3H8.2C2H6/c1-5-21(25)28-20(14-26-6-2)24(3)22(30)19(15-29(24)4)27-23(31)18-13-9-11-16-10-7-8-12-17(16)18;1-5-7-10(3)9-11(8-6-2)12(14)13-4;1-3-2;2*1-2/h6,9,11,13,19-20,22,26,30H,2,5,7-8,10,12,14-15H2,1,3-4H3,(H2,25,28)(H,27,31);5,7-9H,6H2,1-4H3,(H,13,14);3H2,1-2H3;2*1-2H3/p+1/b;7-5-,10-9-,11-8-;;;/t19?,20?,22-,24?;;;;/m1..../s1. The van der Waals surface area contributed by atoms with Gasteiger partial charge in [-0.15, -0.1) is 0 Å². The summed E-state index contributed by atoms with van der Waals surface area (Å²) in [6.45, 7) is 27.0. The van der Waals surface area contributed by atoms with Gasteiger partial charge in [0.05, 0.1) is 24.2 Å². The van der Waals surface area contributed by atoms with Crippen LogP contribution in [-0.4, -0.2) is 78.6 Å². The van der Waals surface area contributed by atoms with Crippen LogP contribution < -0.4 is 26.7 Å². The minimum Gasteiger partial charge on any atom is -0.389 e. The number of likely N-dealkylation sites (tertiary alicyclic amines) is 1. The van der Waals surface area contributed by atoms with Crippen LogP contribution in [0.2, 0.25) is 0 Å². The van der Waals surface area contributed by atoms with Gasteiger partial charge in [-0.3, -0.25) is 25.2 Å². The van der Waals surface area contributed by atoms with E-state index < -0.39 is 11.6 Å². The molecule has 9 heteroatoms. The van der Waals surface area contributed by atoms with Crippen LogP contribution in [0.1, 0.15) is 130 Å². The molecule has 0 bridgehead atoms. The monoisotopic (exact) mass is 726 g/mol. The van der Waals surface area contributed by atoms with Crippen molar-refractivity contribution in [3.05, 3.63) is 83.1 Å². The molecule has 7 N–H and O–H groups in total. The maximum atomic E-state index is 13.2. The van der Waals surface area contributed by atoms with Crippen molar-refractivity contribution in [1.82, 2.24) is 20.9 Å². The Labute approximate surface area is 318 Å². The molecule has 3 rings (SSSR count). The van der Waals surface area contributed by atoms with E-state index in [0.29, 0.717) is 25.3 Å². The Morgan fingerprint density at radius 3 is 2.29 bits per heavy atom. The smallest absolute Gasteiger partial charge is 0.251 e. The molecular formula is C43H77N6O3+. The predicted octanol–water partition coefficient (Wildman–Crippen LogP) is 5.74. The fourth-order valence-electron chi connectivity index (χ4n) is 6.13. The maximum absolute atomic E-state index is 13.2. The van der Waals surface area contributed by atoms with Crippen LogP contribution in [0.4, 0.5) is 0 Å². The molecule has 1 aromatic rings. The fraction of sp³-hybridized carbons (Fsp3) is 0.605. The average molecular weight is 726 g/mol. The van der Waals surface area contributed by atoms with Gasteiger partial charge in [-0.25, -0.2) is 0 Å². The number of aliphatic hydroxyl groups is 1. The number of nitrogens with zero attached hydrogens (tertiary/aromatic N) is 1. The van der Waals surface area contributed by atoms with E-state index in [1.54, 1.807) is 13.2 Å². The van der Waals surface area contributed by atoms with Gasteiger partial charge >= 0.3 is 0 Å². The number of amides is 2. The first-order valence-corrected chi connectivity index (χ1v) is 19.7. The molecule has 2 amide bonds. The molecule has 1 heterocycles. The van der Waals surface area contributed by atoms with E-state index >= 15 is 0 Å². The zero-order chi connectivity index (χ0) is 40.3. The van der Waals surface area contributed by atoms with E-state index in [4.69, 9.17) is 5.73 Å². The third-order valence-corrected chi connectivity index (χ3v) is 8.87. The average Bonchev–Trinajstić information content (AvgIpc) is 3.37. The molecule has 1 aliphatic heterocycles. The third-order valence-electron chi connectivity index (χ3n) is 8.87. The van der Waals surface area contributed by atoms with Crippen LogP contribution in [0.25, 0.3) is 0 Å². The lowest BCUT2D eigenvalue weighted by Gasteiger charge is -2.39. The predicted molar refractivity (Wildman–Crippen MR) is 223 cm³/mol. The summed E-state index contributed by atoms with van der Waals surface area (Å²) in [6, 6.07) is 5.44. The molecule has 4 atom stereocenters. The van der Waals surface area contributed by atoms with Gasteiger partial charge in [-0.05, 0) is 89.4 Å². The van der Waals surface area contributed by atoms with Crippen LogP contribution in [0.3, 0.4) is 0 Å². The molecule has 2 aliphatic rings. The van der Waals surface area contributed by atoms with Crippen molar-refractivity contribution < 1.29 is 19.7 Å². The number of carbonyl (C=O) groups is 2. The highest BCUT2D eigenvalue weighted by Crippen LogP contribution is 2.31. The third kappa shape index (κ3) is 15.9. The molecule has 0 saturated carbocycles. The topological polar surface area (TPSA) is 134 Å². The lowest BCUT2D eigenvalue weighted by atomic mass is 9.85. The van der Waals surface area contributed by atoms with Crippen molar-refractivity contribution in [2.75, 3.05) is 27.2 Å². The van der Waals surface area contributed by atoms with Crippen molar-refractivity contribution in [3.8, 4) is 0 Å². The second kappa shape index (κ2) is 28.8. The zero-order valence-corrected chi connectivity index (χ0v) is 35.2. The molecule has 52 heavy (non-hydrogen) atoms. The summed E-state index contributed by atoms with van der Waals surface area (Å²) in [5.41, 5.74) is 10.5.